The summed E-state index contributed by atoms with van der Waals surface area (Å²) in [7, 11) is 4.11. The van der Waals surface area contributed by atoms with Crippen LogP contribution in [0.4, 0.5) is 5.82 Å². The number of anilines is 1. The predicted molar refractivity (Wildman–Crippen MR) is 83.1 cm³/mol. The average Bonchev–Trinajstić information content (AvgIpc) is 2.45. The van der Waals surface area contributed by atoms with Crippen molar-refractivity contribution in [2.45, 2.75) is 20.3 Å². The molecule has 0 atom stereocenters. The molecule has 1 heterocycles. The molecule has 0 fully saturated rings. The van der Waals surface area contributed by atoms with E-state index in [0.717, 1.165) is 38.4 Å². The number of hydrogen-bond acceptors (Lipinski definition) is 4. The first-order chi connectivity index (χ1) is 9.58. The van der Waals surface area contributed by atoms with Crippen LogP contribution < -0.4 is 5.32 Å². The number of carbonyl (C=O) groups is 1. The van der Waals surface area contributed by atoms with Crippen molar-refractivity contribution < 1.29 is 4.79 Å². The first kappa shape index (κ1) is 16.4. The fourth-order valence-electron chi connectivity index (χ4n) is 1.97. The molecule has 0 bridgehead atoms. The Balaban J connectivity index is 2.59. The van der Waals surface area contributed by atoms with Gasteiger partial charge in [-0.25, -0.2) is 4.98 Å². The highest BCUT2D eigenvalue weighted by Crippen LogP contribution is 2.10. The largest absolute Gasteiger partial charge is 0.370 e. The Morgan fingerprint density at radius 3 is 2.60 bits per heavy atom. The van der Waals surface area contributed by atoms with E-state index < -0.39 is 0 Å². The van der Waals surface area contributed by atoms with Crippen LogP contribution >= 0.6 is 0 Å². The highest BCUT2D eigenvalue weighted by Gasteiger charge is 2.12. The number of nitrogens with one attached hydrogen (secondary N) is 1. The van der Waals surface area contributed by atoms with E-state index >= 15 is 0 Å². The van der Waals surface area contributed by atoms with Crippen LogP contribution in [0.1, 0.15) is 30.6 Å². The topological polar surface area (TPSA) is 48.5 Å². The SMILES string of the molecule is CCN(CC)C(=O)c1ccnc(NCCCN(C)C)c1. The van der Waals surface area contributed by atoms with E-state index in [9.17, 15) is 4.79 Å². The minimum atomic E-state index is 0.0636. The molecule has 0 saturated heterocycles. The van der Waals surface area contributed by atoms with Crippen molar-refractivity contribution in [1.29, 1.82) is 0 Å². The van der Waals surface area contributed by atoms with Crippen molar-refractivity contribution >= 4 is 11.7 Å². The second-order valence-corrected chi connectivity index (χ2v) is 4.99. The third kappa shape index (κ3) is 5.17. The maximum absolute atomic E-state index is 12.2. The van der Waals surface area contributed by atoms with Gasteiger partial charge in [0.05, 0.1) is 0 Å². The zero-order chi connectivity index (χ0) is 15.0. The molecule has 20 heavy (non-hydrogen) atoms. The van der Waals surface area contributed by atoms with Gasteiger partial charge in [0, 0.05) is 31.4 Å². The number of pyridine rings is 1. The molecular weight excluding hydrogens is 252 g/mol. The minimum absolute atomic E-state index is 0.0636. The normalized spacial score (nSPS) is 10.7. The summed E-state index contributed by atoms with van der Waals surface area (Å²) in [5, 5.41) is 3.26. The second kappa shape index (κ2) is 8.53. The van der Waals surface area contributed by atoms with Crippen LogP contribution in [-0.2, 0) is 0 Å². The van der Waals surface area contributed by atoms with E-state index in [1.165, 1.54) is 0 Å². The highest BCUT2D eigenvalue weighted by molar-refractivity contribution is 5.94. The van der Waals surface area contributed by atoms with Gasteiger partial charge in [-0.05, 0) is 53.0 Å². The molecule has 0 aromatic carbocycles. The van der Waals surface area contributed by atoms with Crippen LogP contribution in [0, 0.1) is 0 Å². The molecule has 0 spiro atoms. The average molecular weight is 278 g/mol. The number of carbonyl (C=O) groups excluding carboxylic acids is 1. The quantitative estimate of drug-likeness (QED) is 0.738. The van der Waals surface area contributed by atoms with Gasteiger partial charge in [-0.1, -0.05) is 0 Å². The van der Waals surface area contributed by atoms with Crippen molar-refractivity contribution in [2.24, 2.45) is 0 Å². The summed E-state index contributed by atoms with van der Waals surface area (Å²) < 4.78 is 0. The summed E-state index contributed by atoms with van der Waals surface area (Å²) in [5.41, 5.74) is 0.693. The Morgan fingerprint density at radius 2 is 2.00 bits per heavy atom. The molecule has 5 nitrogen and oxygen atoms in total. The van der Waals surface area contributed by atoms with Crippen LogP contribution in [0.2, 0.25) is 0 Å². The Kier molecular flexibility index (Phi) is 7.01. The van der Waals surface area contributed by atoms with Crippen molar-refractivity contribution in [3.05, 3.63) is 23.9 Å². The van der Waals surface area contributed by atoms with Crippen molar-refractivity contribution in [3.63, 3.8) is 0 Å². The van der Waals surface area contributed by atoms with Crippen LogP contribution in [0.15, 0.2) is 18.3 Å². The van der Waals surface area contributed by atoms with E-state index in [0.29, 0.717) is 5.56 Å². The molecule has 0 aliphatic rings. The van der Waals surface area contributed by atoms with E-state index in [1.54, 1.807) is 12.3 Å². The van der Waals surface area contributed by atoms with Gasteiger partial charge in [-0.3, -0.25) is 4.79 Å². The first-order valence-electron chi connectivity index (χ1n) is 7.22. The first-order valence-corrected chi connectivity index (χ1v) is 7.22. The number of amides is 1. The van der Waals surface area contributed by atoms with E-state index in [4.69, 9.17) is 0 Å². The standard InChI is InChI=1S/C15H26N4O/c1-5-19(6-2)15(20)13-8-10-17-14(12-13)16-9-7-11-18(3)4/h8,10,12H,5-7,9,11H2,1-4H3,(H,16,17). The predicted octanol–water partition coefficient (Wildman–Crippen LogP) is 1.93. The maximum Gasteiger partial charge on any atom is 0.254 e. The third-order valence-corrected chi connectivity index (χ3v) is 3.15. The summed E-state index contributed by atoms with van der Waals surface area (Å²) in [4.78, 5) is 20.5. The summed E-state index contributed by atoms with van der Waals surface area (Å²) in [5.74, 6) is 0.829. The van der Waals surface area contributed by atoms with Crippen molar-refractivity contribution in [1.82, 2.24) is 14.8 Å². The van der Waals surface area contributed by atoms with Crippen LogP contribution in [0.3, 0.4) is 0 Å². The number of rotatable bonds is 8. The van der Waals surface area contributed by atoms with Gasteiger partial charge in [-0.2, -0.15) is 0 Å². The van der Waals surface area contributed by atoms with Gasteiger partial charge in [-0.15, -0.1) is 0 Å². The van der Waals surface area contributed by atoms with Gasteiger partial charge in [0.15, 0.2) is 0 Å². The molecule has 1 aromatic rings. The van der Waals surface area contributed by atoms with Crippen molar-refractivity contribution in [2.75, 3.05) is 45.6 Å². The summed E-state index contributed by atoms with van der Waals surface area (Å²) >= 11 is 0. The molecule has 1 N–H and O–H groups in total. The zero-order valence-electron chi connectivity index (χ0n) is 13.0. The molecule has 0 unspecified atom stereocenters. The Hall–Kier alpha value is -1.62. The molecule has 5 heteroatoms. The molecule has 0 saturated carbocycles. The summed E-state index contributed by atoms with van der Waals surface area (Å²) in [6, 6.07) is 3.60. The molecule has 1 amide bonds. The molecule has 0 aliphatic carbocycles. The van der Waals surface area contributed by atoms with Crippen molar-refractivity contribution in [3.8, 4) is 0 Å². The molecule has 0 radical (unpaired) electrons. The van der Waals surface area contributed by atoms with Gasteiger partial charge in [0.1, 0.15) is 5.82 Å². The van der Waals surface area contributed by atoms with E-state index in [-0.39, 0.29) is 5.91 Å². The molecule has 0 aliphatic heterocycles. The Bertz CT molecular complexity index is 416. The Labute approximate surface area is 122 Å². The number of nitrogens with zero attached hydrogens (tertiary/aromatic N) is 3. The fourth-order valence-corrected chi connectivity index (χ4v) is 1.97. The van der Waals surface area contributed by atoms with Gasteiger partial charge in [0.25, 0.3) is 5.91 Å². The fraction of sp³-hybridized carbons (Fsp3) is 0.600. The summed E-state index contributed by atoms with van der Waals surface area (Å²) in [6.07, 6.45) is 2.73. The van der Waals surface area contributed by atoms with Crippen LogP contribution in [-0.4, -0.2) is 61.0 Å². The smallest absolute Gasteiger partial charge is 0.254 e. The van der Waals surface area contributed by atoms with E-state index in [1.807, 2.05) is 24.8 Å². The maximum atomic E-state index is 12.2. The molecule has 1 rings (SSSR count). The van der Waals surface area contributed by atoms with Crippen LogP contribution in [0.5, 0.6) is 0 Å². The lowest BCUT2D eigenvalue weighted by atomic mass is 10.2. The number of aromatic nitrogens is 1. The number of hydrogen-bond donors (Lipinski definition) is 1. The minimum Gasteiger partial charge on any atom is -0.370 e. The summed E-state index contributed by atoms with van der Waals surface area (Å²) in [6.45, 7) is 7.32. The lowest BCUT2D eigenvalue weighted by molar-refractivity contribution is 0.0773. The third-order valence-electron chi connectivity index (χ3n) is 3.15. The van der Waals surface area contributed by atoms with Crippen LogP contribution in [0.25, 0.3) is 0 Å². The highest BCUT2D eigenvalue weighted by atomic mass is 16.2. The second-order valence-electron chi connectivity index (χ2n) is 4.99. The zero-order valence-corrected chi connectivity index (χ0v) is 13.0. The monoisotopic (exact) mass is 278 g/mol. The van der Waals surface area contributed by atoms with Gasteiger partial charge in [0.2, 0.25) is 0 Å². The van der Waals surface area contributed by atoms with Gasteiger partial charge < -0.3 is 15.1 Å². The van der Waals surface area contributed by atoms with E-state index in [2.05, 4.69) is 29.3 Å². The van der Waals surface area contributed by atoms with Gasteiger partial charge >= 0.3 is 0 Å². The lowest BCUT2D eigenvalue weighted by Gasteiger charge is -2.18. The molecule has 112 valence electrons. The molecular formula is C15H26N4O. The molecule has 1 aromatic heterocycles. The lowest BCUT2D eigenvalue weighted by Crippen LogP contribution is -2.30. The Morgan fingerprint density at radius 1 is 1.30 bits per heavy atom.